The zero-order chi connectivity index (χ0) is 42.9. The van der Waals surface area contributed by atoms with Crippen LogP contribution in [-0.4, -0.2) is 74.9 Å². The molecule has 4 aromatic carbocycles. The second-order valence-corrected chi connectivity index (χ2v) is 18.4. The molecule has 0 fully saturated rings. The molecule has 2 aliphatic carbocycles. The molecular weight excluding hydrogens is 845 g/mol. The second kappa shape index (κ2) is 14.4. The van der Waals surface area contributed by atoms with E-state index in [1.165, 1.54) is 0 Å². The molecule has 24 heteroatoms. The van der Waals surface area contributed by atoms with Crippen LogP contribution < -0.4 is 22.3 Å². The molecule has 0 aliphatic heterocycles. The number of carbonyl (C=O) groups is 2. The summed E-state index contributed by atoms with van der Waals surface area (Å²) in [6, 6.07) is 13.0. The number of ketones is 2. The van der Waals surface area contributed by atoms with Crippen molar-refractivity contribution in [1.29, 1.82) is 0 Å². The lowest BCUT2D eigenvalue weighted by atomic mass is 9.93. The molecule has 0 unspecified atom stereocenters. The highest BCUT2D eigenvalue weighted by atomic mass is 32.2. The number of hydrogen-bond donors (Lipinski definition) is 8. The van der Waals surface area contributed by atoms with Crippen molar-refractivity contribution in [2.24, 2.45) is 10.2 Å². The number of Topliss-reactive ketones (excluding diaryl/α,β-unsaturated/α-hetero) is 2. The van der Waals surface area contributed by atoms with Crippen molar-refractivity contribution in [2.45, 2.75) is 23.6 Å². The zero-order valence-electron chi connectivity index (χ0n) is 29.5. The van der Waals surface area contributed by atoms with E-state index >= 15 is 0 Å². The van der Waals surface area contributed by atoms with Crippen molar-refractivity contribution in [3.8, 4) is 11.1 Å². The molecule has 302 valence electrons. The molecule has 0 saturated carbocycles. The summed E-state index contributed by atoms with van der Waals surface area (Å²) >= 11 is 0. The molecule has 0 spiro atoms. The first kappa shape index (κ1) is 41.5. The number of nitrogens with one attached hydrogen (secondary N) is 2. The predicted octanol–water partition coefficient (Wildman–Crippen LogP) is 3.41. The lowest BCUT2D eigenvalue weighted by molar-refractivity contribution is 0.105. The Kier molecular flexibility index (Phi) is 10.3. The summed E-state index contributed by atoms with van der Waals surface area (Å²) in [5.74, 6) is -2.14. The molecule has 0 atom stereocenters. The van der Waals surface area contributed by atoms with E-state index in [1.807, 2.05) is 0 Å². The highest BCUT2D eigenvalue weighted by Gasteiger charge is 2.36. The van der Waals surface area contributed by atoms with Gasteiger partial charge in [0.15, 0.2) is 11.4 Å². The third-order valence-electron chi connectivity index (χ3n) is 8.78. The van der Waals surface area contributed by atoms with Crippen molar-refractivity contribution in [2.75, 3.05) is 22.3 Å². The molecule has 0 heterocycles. The highest BCUT2D eigenvalue weighted by molar-refractivity contribution is 7.91. The number of hydrogen-bond acceptors (Lipinski definition) is 16. The molecule has 2 aliphatic rings. The van der Waals surface area contributed by atoms with Crippen molar-refractivity contribution in [3.63, 3.8) is 0 Å². The fraction of sp³-hybridized carbons (Fsp3) is 0.0588. The number of anilines is 4. The molecule has 10 N–H and O–H groups in total. The molecule has 0 aromatic heterocycles. The Morgan fingerprint density at radius 3 is 1.16 bits per heavy atom. The molecular formula is C34H28N6O14S4. The van der Waals surface area contributed by atoms with Crippen LogP contribution >= 0.6 is 0 Å². The van der Waals surface area contributed by atoms with Crippen LogP contribution in [0.15, 0.2) is 90.5 Å². The fourth-order valence-corrected chi connectivity index (χ4v) is 8.44. The maximum Gasteiger partial charge on any atom is 0.296 e. The number of allylic oxidation sites excluding steroid dienone is 2. The van der Waals surface area contributed by atoms with Crippen LogP contribution in [0.3, 0.4) is 0 Å². The summed E-state index contributed by atoms with van der Waals surface area (Å²) < 4.78 is 134. The molecule has 0 saturated heterocycles. The SMILES string of the molecule is Cc1cc(-c2ccc(N/N=C3\C(=O)c4c(N)cc(S(=O)(=O)O)cc4C=C3S(=O)(=O)O)c(C)c2)ccc1N/N=C1/C(=O)c2c(N)cc(S(=O)(=O)O)cc2C=C1S(=O)(=O)O. The third-order valence-corrected chi connectivity index (χ3v) is 12.2. The van der Waals surface area contributed by atoms with Gasteiger partial charge >= 0.3 is 0 Å². The first-order valence-corrected chi connectivity index (χ1v) is 21.7. The van der Waals surface area contributed by atoms with Gasteiger partial charge in [0.05, 0.1) is 32.3 Å². The van der Waals surface area contributed by atoms with E-state index in [0.717, 1.165) is 36.4 Å². The summed E-state index contributed by atoms with van der Waals surface area (Å²) in [6.07, 6.45) is 1.58. The van der Waals surface area contributed by atoms with Crippen molar-refractivity contribution >= 4 is 98.4 Å². The van der Waals surface area contributed by atoms with Crippen LogP contribution in [0.25, 0.3) is 23.3 Å². The van der Waals surface area contributed by atoms with Gasteiger partial charge in [0, 0.05) is 11.4 Å². The van der Waals surface area contributed by atoms with Gasteiger partial charge < -0.3 is 11.5 Å². The Balaban J connectivity index is 1.27. The Morgan fingerprint density at radius 2 is 0.862 bits per heavy atom. The minimum Gasteiger partial charge on any atom is -0.398 e. The smallest absolute Gasteiger partial charge is 0.296 e. The van der Waals surface area contributed by atoms with Crippen molar-refractivity contribution in [3.05, 3.63) is 104 Å². The predicted molar refractivity (Wildman–Crippen MR) is 213 cm³/mol. The van der Waals surface area contributed by atoms with Crippen molar-refractivity contribution < 1.29 is 61.5 Å². The van der Waals surface area contributed by atoms with Gasteiger partial charge in [-0.25, -0.2) is 0 Å². The average molecular weight is 873 g/mol. The molecule has 58 heavy (non-hydrogen) atoms. The lowest BCUT2D eigenvalue weighted by Crippen LogP contribution is -2.28. The molecule has 0 bridgehead atoms. The van der Waals surface area contributed by atoms with Crippen LogP contribution in [0.1, 0.15) is 43.0 Å². The van der Waals surface area contributed by atoms with E-state index in [0.29, 0.717) is 33.6 Å². The van der Waals surface area contributed by atoms with Gasteiger partial charge in [-0.05, 0) is 108 Å². The number of hydrazone groups is 2. The maximum atomic E-state index is 13.4. The molecule has 6 rings (SSSR count). The van der Waals surface area contributed by atoms with Crippen molar-refractivity contribution in [1.82, 2.24) is 0 Å². The van der Waals surface area contributed by atoms with Crippen LogP contribution in [0, 0.1) is 13.8 Å². The number of aryl methyl sites for hydroxylation is 2. The highest BCUT2D eigenvalue weighted by Crippen LogP contribution is 2.35. The van der Waals surface area contributed by atoms with E-state index < -0.39 is 94.4 Å². The first-order valence-electron chi connectivity index (χ1n) is 16.0. The summed E-state index contributed by atoms with van der Waals surface area (Å²) in [4.78, 5) is 23.4. The van der Waals surface area contributed by atoms with Gasteiger partial charge in [-0.15, -0.1) is 0 Å². The summed E-state index contributed by atoms with van der Waals surface area (Å²) in [5.41, 5.74) is 16.3. The van der Waals surface area contributed by atoms with Gasteiger partial charge in [0.1, 0.15) is 9.81 Å². The van der Waals surface area contributed by atoms with Gasteiger partial charge in [0.25, 0.3) is 40.5 Å². The monoisotopic (exact) mass is 872 g/mol. The van der Waals surface area contributed by atoms with E-state index in [9.17, 15) is 61.5 Å². The summed E-state index contributed by atoms with van der Waals surface area (Å²) in [5, 5.41) is 7.88. The largest absolute Gasteiger partial charge is 0.398 e. The molecule has 0 radical (unpaired) electrons. The Hall–Kier alpha value is -6.12. The van der Waals surface area contributed by atoms with Gasteiger partial charge in [-0.1, -0.05) is 12.1 Å². The normalized spacial score (nSPS) is 16.1. The fourth-order valence-electron chi connectivity index (χ4n) is 6.02. The van der Waals surface area contributed by atoms with E-state index in [2.05, 4.69) is 21.1 Å². The molecule has 4 aromatic rings. The average Bonchev–Trinajstić information content (AvgIpc) is 3.09. The maximum absolute atomic E-state index is 13.4. The zero-order valence-corrected chi connectivity index (χ0v) is 32.7. The Morgan fingerprint density at radius 1 is 0.517 bits per heavy atom. The van der Waals surface area contributed by atoms with Crippen LogP contribution in [-0.2, 0) is 40.5 Å². The van der Waals surface area contributed by atoms with Gasteiger partial charge in [0.2, 0.25) is 11.6 Å². The minimum atomic E-state index is -5.10. The Bertz CT molecular complexity index is 2930. The number of rotatable bonds is 9. The Labute approximate surface area is 329 Å². The number of nitrogens with two attached hydrogens (primary N) is 2. The second-order valence-electron chi connectivity index (χ2n) is 12.7. The van der Waals surface area contributed by atoms with Crippen LogP contribution in [0.4, 0.5) is 22.7 Å². The first-order chi connectivity index (χ1) is 26.8. The molecule has 0 amide bonds. The van der Waals surface area contributed by atoms with E-state index in [-0.39, 0.29) is 22.3 Å². The molecule has 20 nitrogen and oxygen atoms in total. The topological polar surface area (TPSA) is 352 Å². The number of fused-ring (bicyclic) bond motifs is 2. The van der Waals surface area contributed by atoms with Crippen LogP contribution in [0.2, 0.25) is 0 Å². The third kappa shape index (κ3) is 8.02. The number of benzene rings is 4. The van der Waals surface area contributed by atoms with Crippen LogP contribution in [0.5, 0.6) is 0 Å². The standard InChI is InChI=1S/C34H28N6O14S4/c1-15-7-17(3-5-25(15)37-39-31-27(57(49,50)51)11-19-9-21(55(43,44)45)13-23(35)29(19)33(31)41)18-4-6-26(16(2)8-18)38-40-32-28(58(52,53)54)12-20-10-22(56(46,47)48)14-24(36)30(20)34(32)42/h3-14,37-38H,35-36H2,1-2H3,(H,43,44,45)(H,46,47,48)(H,49,50,51)(H,52,53,54)/b39-31-,40-32+. The lowest BCUT2D eigenvalue weighted by Gasteiger charge is -2.19. The number of nitrogen functional groups attached to an aromatic ring is 2. The quantitative estimate of drug-likeness (QED) is 0.0678. The van der Waals surface area contributed by atoms with Gasteiger partial charge in [-0.2, -0.15) is 43.9 Å². The summed E-state index contributed by atoms with van der Waals surface area (Å²) in [7, 11) is -19.8. The number of carbonyl (C=O) groups excluding carboxylic acids is 2. The minimum absolute atomic E-state index is 0.293. The summed E-state index contributed by atoms with van der Waals surface area (Å²) in [6.45, 7) is 3.32. The van der Waals surface area contributed by atoms with E-state index in [1.54, 1.807) is 50.2 Å². The van der Waals surface area contributed by atoms with Gasteiger partial charge in [-0.3, -0.25) is 38.7 Å². The van der Waals surface area contributed by atoms with E-state index in [4.69, 9.17) is 11.5 Å². The number of nitrogens with zero attached hydrogens (tertiary/aromatic N) is 2.